The van der Waals surface area contributed by atoms with Crippen LogP contribution in [0.4, 0.5) is 10.1 Å². The molecule has 0 saturated heterocycles. The zero-order valence-electron chi connectivity index (χ0n) is 16.8. The number of anilines is 1. The van der Waals surface area contributed by atoms with Gasteiger partial charge >= 0.3 is 0 Å². The van der Waals surface area contributed by atoms with Crippen LogP contribution >= 0.6 is 0 Å². The molecule has 0 atom stereocenters. The van der Waals surface area contributed by atoms with Crippen molar-refractivity contribution in [2.75, 3.05) is 39.2 Å². The summed E-state index contributed by atoms with van der Waals surface area (Å²) in [4.78, 5) is 14.2. The molecular weight excluding hydrogens is 363 g/mol. The van der Waals surface area contributed by atoms with Crippen molar-refractivity contribution in [1.82, 2.24) is 4.90 Å². The fourth-order valence-corrected chi connectivity index (χ4v) is 2.79. The summed E-state index contributed by atoms with van der Waals surface area (Å²) < 4.78 is 29.8. The fourth-order valence-electron chi connectivity index (χ4n) is 2.79. The van der Waals surface area contributed by atoms with E-state index in [1.807, 2.05) is 13.8 Å². The van der Waals surface area contributed by atoms with Gasteiger partial charge < -0.3 is 19.5 Å². The van der Waals surface area contributed by atoms with Crippen LogP contribution < -0.4 is 19.5 Å². The van der Waals surface area contributed by atoms with E-state index >= 15 is 0 Å². The number of nitrogens with zero attached hydrogens (tertiary/aromatic N) is 1. The molecule has 0 spiro atoms. The number of amides is 1. The molecule has 0 aliphatic heterocycles. The topological polar surface area (TPSA) is 60.0 Å². The average molecular weight is 390 g/mol. The number of ether oxygens (including phenoxy) is 3. The summed E-state index contributed by atoms with van der Waals surface area (Å²) in [5.74, 6) is 1.27. The lowest BCUT2D eigenvalue weighted by Gasteiger charge is -2.18. The maximum atomic E-state index is 13.5. The van der Waals surface area contributed by atoms with Gasteiger partial charge in [-0.05, 0) is 51.2 Å². The van der Waals surface area contributed by atoms with Gasteiger partial charge in [0.25, 0.3) is 0 Å². The molecule has 0 saturated carbocycles. The summed E-state index contributed by atoms with van der Waals surface area (Å²) in [6.45, 7) is 5.32. The van der Waals surface area contributed by atoms with Gasteiger partial charge in [0.15, 0.2) is 11.5 Å². The lowest BCUT2D eigenvalue weighted by molar-refractivity contribution is -0.117. The predicted molar refractivity (Wildman–Crippen MR) is 107 cm³/mol. The Morgan fingerprint density at radius 1 is 1.04 bits per heavy atom. The molecule has 2 aromatic rings. The first-order chi connectivity index (χ1) is 13.5. The van der Waals surface area contributed by atoms with Crippen LogP contribution in [-0.4, -0.2) is 44.7 Å². The number of likely N-dealkylation sites (N-methyl/N-ethyl adjacent to an activating group) is 1. The summed E-state index contributed by atoms with van der Waals surface area (Å²) in [6, 6.07) is 9.60. The van der Waals surface area contributed by atoms with Crippen LogP contribution in [-0.2, 0) is 11.3 Å². The van der Waals surface area contributed by atoms with Gasteiger partial charge in [-0.2, -0.15) is 0 Å². The van der Waals surface area contributed by atoms with Gasteiger partial charge in [-0.15, -0.1) is 0 Å². The Bertz CT molecular complexity index is 798. The van der Waals surface area contributed by atoms with Crippen LogP contribution in [0.25, 0.3) is 0 Å². The third-order valence-electron chi connectivity index (χ3n) is 3.92. The van der Waals surface area contributed by atoms with E-state index in [4.69, 9.17) is 14.2 Å². The zero-order chi connectivity index (χ0) is 20.5. The number of rotatable bonds is 10. The van der Waals surface area contributed by atoms with Gasteiger partial charge in [0.2, 0.25) is 5.91 Å². The summed E-state index contributed by atoms with van der Waals surface area (Å²) in [7, 11) is 3.32. The number of carbonyl (C=O) groups is 1. The van der Waals surface area contributed by atoms with Crippen LogP contribution in [0.1, 0.15) is 19.4 Å². The summed E-state index contributed by atoms with van der Waals surface area (Å²) in [6.07, 6.45) is 0. The molecule has 0 aliphatic carbocycles. The van der Waals surface area contributed by atoms with E-state index in [1.54, 1.807) is 36.2 Å². The second-order valence-corrected chi connectivity index (χ2v) is 6.20. The van der Waals surface area contributed by atoms with E-state index in [-0.39, 0.29) is 18.3 Å². The number of carbonyl (C=O) groups excluding carboxylic acids is 1. The summed E-state index contributed by atoms with van der Waals surface area (Å²) >= 11 is 0. The molecule has 7 heteroatoms. The van der Waals surface area contributed by atoms with E-state index in [0.29, 0.717) is 48.3 Å². The van der Waals surface area contributed by atoms with Gasteiger partial charge in [-0.25, -0.2) is 4.39 Å². The Labute approximate surface area is 165 Å². The smallest absolute Gasteiger partial charge is 0.238 e. The molecule has 1 amide bonds. The highest BCUT2D eigenvalue weighted by Crippen LogP contribution is 2.30. The highest BCUT2D eigenvalue weighted by Gasteiger charge is 2.13. The quantitative estimate of drug-likeness (QED) is 0.670. The minimum absolute atomic E-state index is 0.136. The van der Waals surface area contributed by atoms with E-state index in [0.717, 1.165) is 0 Å². The minimum Gasteiger partial charge on any atom is -0.496 e. The SMILES string of the molecule is CCOc1ccc(NC(=O)CN(C)Cc2cc(F)ccc2OC)cc1OCC. The van der Waals surface area contributed by atoms with E-state index in [2.05, 4.69) is 5.32 Å². The largest absolute Gasteiger partial charge is 0.496 e. The molecular formula is C21H27FN2O4. The van der Waals surface area contributed by atoms with Gasteiger partial charge in [0.1, 0.15) is 11.6 Å². The molecule has 28 heavy (non-hydrogen) atoms. The van der Waals surface area contributed by atoms with E-state index < -0.39 is 0 Å². The van der Waals surface area contributed by atoms with Crippen molar-refractivity contribution >= 4 is 11.6 Å². The van der Waals surface area contributed by atoms with Crippen molar-refractivity contribution in [3.05, 3.63) is 47.8 Å². The Morgan fingerprint density at radius 2 is 1.71 bits per heavy atom. The monoisotopic (exact) mass is 390 g/mol. The Kier molecular flexibility index (Phi) is 8.07. The molecule has 0 bridgehead atoms. The third kappa shape index (κ3) is 6.13. The molecule has 0 aromatic heterocycles. The van der Waals surface area contributed by atoms with E-state index in [1.165, 1.54) is 19.2 Å². The Hall–Kier alpha value is -2.80. The molecule has 2 aromatic carbocycles. The number of hydrogen-bond donors (Lipinski definition) is 1. The number of methoxy groups -OCH3 is 1. The lowest BCUT2D eigenvalue weighted by atomic mass is 10.2. The number of hydrogen-bond acceptors (Lipinski definition) is 5. The average Bonchev–Trinajstić information content (AvgIpc) is 2.64. The first-order valence-electron chi connectivity index (χ1n) is 9.17. The zero-order valence-corrected chi connectivity index (χ0v) is 16.8. The maximum absolute atomic E-state index is 13.5. The van der Waals surface area contributed by atoms with Crippen molar-refractivity contribution in [2.24, 2.45) is 0 Å². The van der Waals surface area contributed by atoms with Gasteiger partial charge in [-0.3, -0.25) is 9.69 Å². The first kappa shape index (κ1) is 21.5. The van der Waals surface area contributed by atoms with Crippen molar-refractivity contribution < 1.29 is 23.4 Å². The molecule has 0 heterocycles. The molecule has 2 rings (SSSR count). The van der Waals surface area contributed by atoms with Crippen LogP contribution in [0.2, 0.25) is 0 Å². The Balaban J connectivity index is 1.99. The standard InChI is InChI=1S/C21H27FN2O4/c1-5-27-19-10-8-17(12-20(19)28-6-2)23-21(25)14-24(3)13-15-11-16(22)7-9-18(15)26-4/h7-12H,5-6,13-14H2,1-4H3,(H,23,25). The van der Waals surface area contributed by atoms with E-state index in [9.17, 15) is 9.18 Å². The van der Waals surface area contributed by atoms with Gasteiger partial charge in [-0.1, -0.05) is 0 Å². The van der Waals surface area contributed by atoms with Crippen molar-refractivity contribution in [3.63, 3.8) is 0 Å². The van der Waals surface area contributed by atoms with Crippen LogP contribution in [0.3, 0.4) is 0 Å². The van der Waals surface area contributed by atoms with Crippen LogP contribution in [0.15, 0.2) is 36.4 Å². The molecule has 152 valence electrons. The maximum Gasteiger partial charge on any atom is 0.238 e. The molecule has 0 radical (unpaired) electrons. The van der Waals surface area contributed by atoms with Crippen molar-refractivity contribution in [2.45, 2.75) is 20.4 Å². The Morgan fingerprint density at radius 3 is 2.39 bits per heavy atom. The van der Waals surface area contributed by atoms with Crippen molar-refractivity contribution in [3.8, 4) is 17.2 Å². The predicted octanol–water partition coefficient (Wildman–Crippen LogP) is 3.70. The summed E-state index contributed by atoms with van der Waals surface area (Å²) in [5, 5.41) is 2.85. The minimum atomic E-state index is -0.341. The fraction of sp³-hybridized carbons (Fsp3) is 0.381. The van der Waals surface area contributed by atoms with Crippen LogP contribution in [0.5, 0.6) is 17.2 Å². The first-order valence-corrected chi connectivity index (χ1v) is 9.17. The molecule has 0 fully saturated rings. The number of halogens is 1. The van der Waals surface area contributed by atoms with Crippen molar-refractivity contribution in [1.29, 1.82) is 0 Å². The van der Waals surface area contributed by atoms with Crippen LogP contribution in [0, 0.1) is 5.82 Å². The number of benzene rings is 2. The highest BCUT2D eigenvalue weighted by molar-refractivity contribution is 5.92. The lowest BCUT2D eigenvalue weighted by Crippen LogP contribution is -2.30. The van der Waals surface area contributed by atoms with Gasteiger partial charge in [0.05, 0.1) is 26.9 Å². The molecule has 0 aliphatic rings. The second-order valence-electron chi connectivity index (χ2n) is 6.20. The second kappa shape index (κ2) is 10.5. The normalized spacial score (nSPS) is 10.6. The third-order valence-corrected chi connectivity index (χ3v) is 3.92. The number of nitrogens with one attached hydrogen (secondary N) is 1. The summed E-state index contributed by atoms with van der Waals surface area (Å²) in [5.41, 5.74) is 1.30. The van der Waals surface area contributed by atoms with Gasteiger partial charge in [0, 0.05) is 23.9 Å². The molecule has 1 N–H and O–H groups in total. The molecule has 6 nitrogen and oxygen atoms in total. The highest BCUT2D eigenvalue weighted by atomic mass is 19.1. The molecule has 0 unspecified atom stereocenters.